The Bertz CT molecular complexity index is 1150. The van der Waals surface area contributed by atoms with Crippen LogP contribution in [0.2, 0.25) is 0 Å². The van der Waals surface area contributed by atoms with Crippen LogP contribution in [0.15, 0.2) is 54.6 Å². The lowest BCUT2D eigenvalue weighted by molar-refractivity contribution is 0.132. The summed E-state index contributed by atoms with van der Waals surface area (Å²) in [4.78, 5) is 0. The average molecular weight is 479 g/mol. The first-order valence-corrected chi connectivity index (χ1v) is 12.7. The fraction of sp³-hybridized carbons (Fsp3) is 0.419. The molecule has 2 aliphatic carbocycles. The summed E-state index contributed by atoms with van der Waals surface area (Å²) in [5.41, 5.74) is 0.509. The minimum absolute atomic E-state index is 0.0403. The third-order valence-electron chi connectivity index (χ3n) is 7.52. The number of halogens is 3. The first kappa shape index (κ1) is 25.2. The third kappa shape index (κ3) is 6.01. The monoisotopic (exact) mass is 478 g/mol. The Morgan fingerprint density at radius 1 is 0.857 bits per heavy atom. The van der Waals surface area contributed by atoms with Gasteiger partial charge in [0.2, 0.25) is 0 Å². The highest BCUT2D eigenvalue weighted by atomic mass is 19.2. The molecular weight excluding hydrogens is 445 g/mol. The molecule has 0 heterocycles. The minimum atomic E-state index is -0.944. The van der Waals surface area contributed by atoms with Crippen molar-refractivity contribution in [2.75, 3.05) is 6.61 Å². The van der Waals surface area contributed by atoms with Crippen LogP contribution in [-0.2, 0) is 0 Å². The summed E-state index contributed by atoms with van der Waals surface area (Å²) in [6.07, 6.45) is 14.6. The molecule has 4 unspecified atom stereocenters. The second-order valence-corrected chi connectivity index (χ2v) is 9.73. The number of benzene rings is 2. The Morgan fingerprint density at radius 3 is 2.37 bits per heavy atom. The zero-order valence-corrected chi connectivity index (χ0v) is 20.5. The van der Waals surface area contributed by atoms with E-state index in [-0.39, 0.29) is 17.0 Å². The summed E-state index contributed by atoms with van der Waals surface area (Å²) in [5, 5.41) is 0. The van der Waals surface area contributed by atoms with Gasteiger partial charge in [0, 0.05) is 6.07 Å². The zero-order chi connectivity index (χ0) is 24.8. The van der Waals surface area contributed by atoms with Crippen LogP contribution in [0.1, 0.15) is 75.0 Å². The SMILES string of the molecule is C/C=C/COc1ccc(C#Cc2ccc(C3CCC4CC(/C=C/C)CCC4C3)c(F)c2F)c(F)c1. The van der Waals surface area contributed by atoms with Crippen LogP contribution in [-0.4, -0.2) is 6.61 Å². The van der Waals surface area contributed by atoms with Crippen LogP contribution in [0, 0.1) is 47.0 Å². The molecule has 0 aliphatic heterocycles. The molecule has 0 saturated heterocycles. The molecule has 0 aromatic heterocycles. The molecule has 2 saturated carbocycles. The Labute approximate surface area is 207 Å². The van der Waals surface area contributed by atoms with E-state index >= 15 is 4.39 Å². The highest BCUT2D eigenvalue weighted by Gasteiger charge is 2.36. The Balaban J connectivity index is 1.45. The molecule has 4 heteroatoms. The molecule has 0 radical (unpaired) electrons. The number of hydrogen-bond acceptors (Lipinski definition) is 1. The second-order valence-electron chi connectivity index (χ2n) is 9.73. The van der Waals surface area contributed by atoms with E-state index in [1.165, 1.54) is 31.0 Å². The standard InChI is InChI=1S/C31H33F3O/c1-3-5-17-35-27-15-13-22(29(32)20-27)9-10-23-14-16-28(31(34)30(23)33)26-12-11-24-18-21(6-4-2)7-8-25(24)19-26/h3-6,13-16,20-21,24-26H,7-8,11-12,17-19H2,1-2H3/b5-3+,6-4+. The first-order valence-electron chi connectivity index (χ1n) is 12.7. The maximum Gasteiger partial charge on any atom is 0.174 e. The van der Waals surface area contributed by atoms with Crippen molar-refractivity contribution in [2.24, 2.45) is 17.8 Å². The highest BCUT2D eigenvalue weighted by Crippen LogP contribution is 2.48. The number of fused-ring (bicyclic) bond motifs is 1. The maximum atomic E-state index is 15.1. The van der Waals surface area contributed by atoms with Crippen molar-refractivity contribution in [1.82, 2.24) is 0 Å². The van der Waals surface area contributed by atoms with Crippen molar-refractivity contribution in [1.29, 1.82) is 0 Å². The van der Waals surface area contributed by atoms with E-state index in [2.05, 4.69) is 30.9 Å². The average Bonchev–Trinajstić information content (AvgIpc) is 2.86. The van der Waals surface area contributed by atoms with Gasteiger partial charge < -0.3 is 4.74 Å². The zero-order valence-electron chi connectivity index (χ0n) is 20.5. The molecular formula is C31H33F3O. The van der Waals surface area contributed by atoms with E-state index in [1.807, 2.05) is 19.1 Å². The van der Waals surface area contributed by atoms with Gasteiger partial charge in [0.1, 0.15) is 18.2 Å². The van der Waals surface area contributed by atoms with Gasteiger partial charge in [-0.25, -0.2) is 13.2 Å². The highest BCUT2D eigenvalue weighted by molar-refractivity contribution is 5.47. The molecule has 2 aliphatic rings. The van der Waals surface area contributed by atoms with Crippen LogP contribution < -0.4 is 4.74 Å². The topological polar surface area (TPSA) is 9.23 Å². The molecule has 184 valence electrons. The molecule has 1 nitrogen and oxygen atoms in total. The molecule has 0 spiro atoms. The summed E-state index contributed by atoms with van der Waals surface area (Å²) < 4.78 is 49.8. The Kier molecular flexibility index (Phi) is 8.39. The van der Waals surface area contributed by atoms with Gasteiger partial charge in [-0.3, -0.25) is 0 Å². The van der Waals surface area contributed by atoms with Crippen molar-refractivity contribution < 1.29 is 17.9 Å². The molecule has 0 amide bonds. The predicted molar refractivity (Wildman–Crippen MR) is 135 cm³/mol. The summed E-state index contributed by atoms with van der Waals surface area (Å²) in [6.45, 7) is 4.29. The fourth-order valence-corrected chi connectivity index (χ4v) is 5.69. The number of hydrogen-bond donors (Lipinski definition) is 0. The summed E-state index contributed by atoms with van der Waals surface area (Å²) in [6, 6.07) is 7.55. The van der Waals surface area contributed by atoms with Crippen molar-refractivity contribution in [3.63, 3.8) is 0 Å². The smallest absolute Gasteiger partial charge is 0.174 e. The molecule has 35 heavy (non-hydrogen) atoms. The van der Waals surface area contributed by atoms with Crippen LogP contribution in [0.4, 0.5) is 13.2 Å². The van der Waals surface area contributed by atoms with Gasteiger partial charge in [-0.2, -0.15) is 0 Å². The van der Waals surface area contributed by atoms with Crippen molar-refractivity contribution in [3.05, 3.63) is 88.8 Å². The summed E-state index contributed by atoms with van der Waals surface area (Å²) >= 11 is 0. The molecule has 2 fully saturated rings. The molecule has 2 aromatic carbocycles. The lowest BCUT2D eigenvalue weighted by Crippen LogP contribution is -2.30. The van der Waals surface area contributed by atoms with Gasteiger partial charge >= 0.3 is 0 Å². The lowest BCUT2D eigenvalue weighted by Gasteiger charge is -2.41. The van der Waals surface area contributed by atoms with Gasteiger partial charge in [0.25, 0.3) is 0 Å². The van der Waals surface area contributed by atoms with Gasteiger partial charge in [0.05, 0.1) is 11.1 Å². The van der Waals surface area contributed by atoms with Crippen LogP contribution in [0.3, 0.4) is 0 Å². The Hall–Kier alpha value is -2.93. The second kappa shape index (κ2) is 11.7. The van der Waals surface area contributed by atoms with Crippen molar-refractivity contribution in [2.45, 2.75) is 58.3 Å². The van der Waals surface area contributed by atoms with E-state index in [4.69, 9.17) is 4.74 Å². The van der Waals surface area contributed by atoms with Crippen LogP contribution in [0.25, 0.3) is 0 Å². The van der Waals surface area contributed by atoms with Crippen molar-refractivity contribution >= 4 is 0 Å². The van der Waals surface area contributed by atoms with E-state index in [0.29, 0.717) is 35.7 Å². The number of rotatable bonds is 5. The van der Waals surface area contributed by atoms with E-state index in [9.17, 15) is 8.78 Å². The maximum absolute atomic E-state index is 15.1. The summed E-state index contributed by atoms with van der Waals surface area (Å²) in [7, 11) is 0. The largest absolute Gasteiger partial charge is 0.489 e. The van der Waals surface area contributed by atoms with E-state index in [0.717, 1.165) is 25.7 Å². The Morgan fingerprint density at radius 2 is 1.60 bits per heavy atom. The van der Waals surface area contributed by atoms with Crippen LogP contribution in [0.5, 0.6) is 5.75 Å². The van der Waals surface area contributed by atoms with Gasteiger partial charge in [-0.05, 0) is 99.8 Å². The molecule has 4 atom stereocenters. The third-order valence-corrected chi connectivity index (χ3v) is 7.52. The molecule has 0 bridgehead atoms. The first-order chi connectivity index (χ1) is 17.0. The normalized spacial score (nSPS) is 24.3. The van der Waals surface area contributed by atoms with Crippen molar-refractivity contribution in [3.8, 4) is 17.6 Å². The number of allylic oxidation sites excluding steroid dienone is 3. The van der Waals surface area contributed by atoms with Gasteiger partial charge in [-0.15, -0.1) is 0 Å². The molecule has 0 N–H and O–H groups in total. The lowest BCUT2D eigenvalue weighted by atomic mass is 9.64. The molecule has 4 rings (SSSR count). The van der Waals surface area contributed by atoms with Crippen LogP contribution >= 0.6 is 0 Å². The van der Waals surface area contributed by atoms with Gasteiger partial charge in [-0.1, -0.05) is 42.2 Å². The quantitative estimate of drug-likeness (QED) is 0.310. The molecule has 2 aromatic rings. The fourth-order valence-electron chi connectivity index (χ4n) is 5.69. The van der Waals surface area contributed by atoms with E-state index < -0.39 is 17.5 Å². The minimum Gasteiger partial charge on any atom is -0.489 e. The van der Waals surface area contributed by atoms with Gasteiger partial charge in [0.15, 0.2) is 11.6 Å². The predicted octanol–water partition coefficient (Wildman–Crippen LogP) is 8.33. The van der Waals surface area contributed by atoms with E-state index in [1.54, 1.807) is 12.1 Å². The summed E-state index contributed by atoms with van der Waals surface area (Å²) in [5.74, 6) is 5.30. The number of ether oxygens (including phenoxy) is 1.